The molecule has 7 heteroatoms. The molecule has 0 saturated heterocycles. The Balaban J connectivity index is 2.31. The summed E-state index contributed by atoms with van der Waals surface area (Å²) in [6.07, 6.45) is 0. The summed E-state index contributed by atoms with van der Waals surface area (Å²) in [6.45, 7) is 0. The lowest BCUT2D eigenvalue weighted by Gasteiger charge is -2.17. The molecule has 0 atom stereocenters. The molecule has 22 heavy (non-hydrogen) atoms. The molecule has 3 rings (SSSR count). The highest BCUT2D eigenvalue weighted by Crippen LogP contribution is 2.33. The van der Waals surface area contributed by atoms with Gasteiger partial charge in [0.25, 0.3) is 5.69 Å². The number of aromatic carboxylic acids is 1. The molecule has 2 aromatic carbocycles. The topological polar surface area (TPSA) is 115 Å². The number of ketones is 2. The molecule has 0 bridgehead atoms. The standard InChI is InChI=1S/C15H7NO6/c17-13-8-5-4-7(15(19)20)6-10(8)14(18)12-9(13)2-1-3-11(12)16(21)22/h1-6H,(H,19,20). The molecule has 0 radical (unpaired) electrons. The Morgan fingerprint density at radius 3 is 2.36 bits per heavy atom. The van der Waals surface area contributed by atoms with E-state index >= 15 is 0 Å². The highest BCUT2D eigenvalue weighted by Gasteiger charge is 2.35. The zero-order chi connectivity index (χ0) is 16.0. The number of carbonyl (C=O) groups excluding carboxylic acids is 2. The number of hydrogen-bond donors (Lipinski definition) is 1. The zero-order valence-electron chi connectivity index (χ0n) is 10.9. The maximum absolute atomic E-state index is 12.5. The van der Waals surface area contributed by atoms with Gasteiger partial charge in [-0.05, 0) is 24.3 Å². The van der Waals surface area contributed by atoms with Gasteiger partial charge in [0.1, 0.15) is 5.56 Å². The smallest absolute Gasteiger partial charge is 0.335 e. The van der Waals surface area contributed by atoms with Crippen LogP contribution in [0.2, 0.25) is 0 Å². The second-order valence-corrected chi connectivity index (χ2v) is 4.68. The van der Waals surface area contributed by atoms with Crippen molar-refractivity contribution < 1.29 is 24.4 Å². The highest BCUT2D eigenvalue weighted by molar-refractivity contribution is 6.30. The number of nitrogens with zero attached hydrogens (tertiary/aromatic N) is 1. The zero-order valence-corrected chi connectivity index (χ0v) is 10.9. The molecule has 0 saturated carbocycles. The lowest BCUT2D eigenvalue weighted by Crippen LogP contribution is -2.22. The van der Waals surface area contributed by atoms with E-state index in [2.05, 4.69) is 0 Å². The summed E-state index contributed by atoms with van der Waals surface area (Å²) in [4.78, 5) is 46.2. The molecular weight excluding hydrogens is 290 g/mol. The van der Waals surface area contributed by atoms with E-state index in [1.165, 1.54) is 24.3 Å². The molecule has 0 spiro atoms. The van der Waals surface area contributed by atoms with Crippen LogP contribution in [0.1, 0.15) is 42.2 Å². The van der Waals surface area contributed by atoms with Gasteiger partial charge >= 0.3 is 5.97 Å². The third-order valence-electron chi connectivity index (χ3n) is 3.47. The SMILES string of the molecule is O=C(O)c1ccc2c(c1)C(=O)c1c(cccc1[N+](=O)[O-])C2=O. The van der Waals surface area contributed by atoms with Crippen molar-refractivity contribution in [2.24, 2.45) is 0 Å². The lowest BCUT2D eigenvalue weighted by molar-refractivity contribution is -0.385. The van der Waals surface area contributed by atoms with E-state index < -0.39 is 28.1 Å². The summed E-state index contributed by atoms with van der Waals surface area (Å²) in [6, 6.07) is 7.35. The van der Waals surface area contributed by atoms with Crippen LogP contribution in [0.3, 0.4) is 0 Å². The lowest BCUT2D eigenvalue weighted by atomic mass is 9.82. The Bertz CT molecular complexity index is 884. The summed E-state index contributed by atoms with van der Waals surface area (Å²) >= 11 is 0. The van der Waals surface area contributed by atoms with Crippen LogP contribution >= 0.6 is 0 Å². The van der Waals surface area contributed by atoms with Crippen molar-refractivity contribution in [1.82, 2.24) is 0 Å². The van der Waals surface area contributed by atoms with Gasteiger partial charge in [0.05, 0.1) is 10.5 Å². The molecule has 108 valence electrons. The van der Waals surface area contributed by atoms with E-state index in [1.54, 1.807) is 0 Å². The molecule has 0 aromatic heterocycles. The predicted octanol–water partition coefficient (Wildman–Crippen LogP) is 2.07. The van der Waals surface area contributed by atoms with Gasteiger partial charge in [-0.15, -0.1) is 0 Å². The quantitative estimate of drug-likeness (QED) is 0.572. The van der Waals surface area contributed by atoms with Gasteiger partial charge in [0.15, 0.2) is 5.78 Å². The Hall–Kier alpha value is -3.35. The Kier molecular flexibility index (Phi) is 2.84. The number of benzene rings is 2. The van der Waals surface area contributed by atoms with E-state index in [0.717, 1.165) is 12.1 Å². The number of fused-ring (bicyclic) bond motifs is 2. The number of nitro benzene ring substituents is 1. The van der Waals surface area contributed by atoms with E-state index in [4.69, 9.17) is 5.11 Å². The Labute approximate surface area is 123 Å². The summed E-state index contributed by atoms with van der Waals surface area (Å²) in [7, 11) is 0. The number of nitro groups is 1. The molecule has 1 aliphatic rings. The molecule has 1 aliphatic carbocycles. The van der Waals surface area contributed by atoms with Crippen LogP contribution in [0.25, 0.3) is 0 Å². The fourth-order valence-electron chi connectivity index (χ4n) is 2.46. The molecular formula is C15H7NO6. The van der Waals surface area contributed by atoms with Crippen molar-refractivity contribution in [2.45, 2.75) is 0 Å². The second kappa shape index (κ2) is 4.59. The van der Waals surface area contributed by atoms with Crippen LogP contribution in [0, 0.1) is 10.1 Å². The fourth-order valence-corrected chi connectivity index (χ4v) is 2.46. The molecule has 0 aliphatic heterocycles. The summed E-state index contributed by atoms with van der Waals surface area (Å²) in [5, 5.41) is 20.0. The van der Waals surface area contributed by atoms with E-state index in [9.17, 15) is 24.5 Å². The van der Waals surface area contributed by atoms with Gasteiger partial charge in [-0.3, -0.25) is 19.7 Å². The first-order chi connectivity index (χ1) is 10.4. The number of carboxylic acids is 1. The molecule has 0 fully saturated rings. The van der Waals surface area contributed by atoms with Gasteiger partial charge in [-0.2, -0.15) is 0 Å². The number of rotatable bonds is 2. The minimum atomic E-state index is -1.25. The second-order valence-electron chi connectivity index (χ2n) is 4.68. The first-order valence-corrected chi connectivity index (χ1v) is 6.16. The van der Waals surface area contributed by atoms with Gasteiger partial charge in [0, 0.05) is 22.8 Å². The molecule has 7 nitrogen and oxygen atoms in total. The van der Waals surface area contributed by atoms with Gasteiger partial charge in [0.2, 0.25) is 5.78 Å². The molecule has 0 unspecified atom stereocenters. The normalized spacial score (nSPS) is 12.5. The minimum absolute atomic E-state index is 0.0444. The average molecular weight is 297 g/mol. The van der Waals surface area contributed by atoms with Gasteiger partial charge in [-0.1, -0.05) is 6.07 Å². The minimum Gasteiger partial charge on any atom is -0.478 e. The van der Waals surface area contributed by atoms with Gasteiger partial charge in [-0.25, -0.2) is 4.79 Å². The van der Waals surface area contributed by atoms with E-state index in [0.29, 0.717) is 0 Å². The fraction of sp³-hybridized carbons (Fsp3) is 0. The molecule has 2 aromatic rings. The largest absolute Gasteiger partial charge is 0.478 e. The van der Waals surface area contributed by atoms with Crippen molar-refractivity contribution in [3.8, 4) is 0 Å². The maximum Gasteiger partial charge on any atom is 0.335 e. The highest BCUT2D eigenvalue weighted by atomic mass is 16.6. The van der Waals surface area contributed by atoms with E-state index in [1.807, 2.05) is 0 Å². The first-order valence-electron chi connectivity index (χ1n) is 6.16. The molecule has 0 amide bonds. The van der Waals surface area contributed by atoms with Gasteiger partial charge < -0.3 is 5.11 Å². The van der Waals surface area contributed by atoms with Crippen LogP contribution in [0.15, 0.2) is 36.4 Å². The van der Waals surface area contributed by atoms with Crippen molar-refractivity contribution in [3.63, 3.8) is 0 Å². The summed E-state index contributed by atoms with van der Waals surface area (Å²) in [5.41, 5.74) is -1.07. The maximum atomic E-state index is 12.5. The van der Waals surface area contributed by atoms with E-state index in [-0.39, 0.29) is 27.8 Å². The Morgan fingerprint density at radius 1 is 1.00 bits per heavy atom. The van der Waals surface area contributed by atoms with Crippen LogP contribution in [-0.2, 0) is 0 Å². The van der Waals surface area contributed by atoms with Crippen molar-refractivity contribution >= 4 is 23.2 Å². The monoisotopic (exact) mass is 297 g/mol. The average Bonchev–Trinajstić information content (AvgIpc) is 2.51. The predicted molar refractivity (Wildman–Crippen MR) is 73.4 cm³/mol. The third kappa shape index (κ3) is 1.80. The first kappa shape index (κ1) is 13.6. The number of carboxylic acid groups (broad SMARTS) is 1. The van der Waals surface area contributed by atoms with Crippen LogP contribution < -0.4 is 0 Å². The van der Waals surface area contributed by atoms with Crippen molar-refractivity contribution in [1.29, 1.82) is 0 Å². The molecule has 1 N–H and O–H groups in total. The van der Waals surface area contributed by atoms with Crippen molar-refractivity contribution in [2.75, 3.05) is 0 Å². The Morgan fingerprint density at radius 2 is 1.73 bits per heavy atom. The number of carbonyl (C=O) groups is 3. The molecule has 0 heterocycles. The third-order valence-corrected chi connectivity index (χ3v) is 3.47. The van der Waals surface area contributed by atoms with Crippen LogP contribution in [0.5, 0.6) is 0 Å². The summed E-state index contributed by atoms with van der Waals surface area (Å²) in [5.74, 6) is -2.51. The van der Waals surface area contributed by atoms with Crippen LogP contribution in [0.4, 0.5) is 5.69 Å². The number of hydrogen-bond acceptors (Lipinski definition) is 5. The van der Waals surface area contributed by atoms with Crippen LogP contribution in [-0.4, -0.2) is 27.6 Å². The van der Waals surface area contributed by atoms with Crippen molar-refractivity contribution in [3.05, 3.63) is 74.3 Å². The summed E-state index contributed by atoms with van der Waals surface area (Å²) < 4.78 is 0.